The molecule has 146 valence electrons. The Morgan fingerprint density at radius 1 is 0.964 bits per heavy atom. The Morgan fingerprint density at radius 2 is 1.68 bits per heavy atom. The molecule has 4 rings (SSSR count). The Hall–Kier alpha value is -2.69. The lowest BCUT2D eigenvalue weighted by molar-refractivity contribution is 0.0928. The maximum absolute atomic E-state index is 13.2. The minimum atomic E-state index is -0.184. The smallest absolute Gasteiger partial charge is 0.277 e. The Bertz CT molecular complexity index is 872. The molecule has 1 N–H and O–H groups in total. The first-order valence-corrected chi connectivity index (χ1v) is 10.3. The van der Waals surface area contributed by atoms with E-state index >= 15 is 0 Å². The zero-order chi connectivity index (χ0) is 19.5. The predicted molar refractivity (Wildman–Crippen MR) is 110 cm³/mol. The fourth-order valence-electron chi connectivity index (χ4n) is 4.36. The molecular weight excluding hydrogens is 350 g/mol. The molecular formula is C23H27N3O2. The van der Waals surface area contributed by atoms with Crippen molar-refractivity contribution in [1.29, 1.82) is 0 Å². The van der Waals surface area contributed by atoms with E-state index in [1.807, 2.05) is 25.1 Å². The Morgan fingerprint density at radius 3 is 2.46 bits per heavy atom. The molecule has 1 aromatic carbocycles. The van der Waals surface area contributed by atoms with Crippen molar-refractivity contribution in [3.05, 3.63) is 59.4 Å². The van der Waals surface area contributed by atoms with E-state index in [4.69, 9.17) is 0 Å². The number of benzene rings is 1. The number of nitrogens with zero attached hydrogens (tertiary/aromatic N) is 2. The van der Waals surface area contributed by atoms with Gasteiger partial charge in [-0.25, -0.2) is 4.98 Å². The number of para-hydroxylation sites is 1. The lowest BCUT2D eigenvalue weighted by Gasteiger charge is -2.22. The largest absolute Gasteiger partial charge is 0.348 e. The van der Waals surface area contributed by atoms with Crippen LogP contribution >= 0.6 is 0 Å². The molecule has 5 heteroatoms. The number of carbonyl (C=O) groups is 2. The van der Waals surface area contributed by atoms with Crippen LogP contribution in [0.5, 0.6) is 0 Å². The van der Waals surface area contributed by atoms with Crippen molar-refractivity contribution >= 4 is 17.5 Å². The van der Waals surface area contributed by atoms with Crippen molar-refractivity contribution in [3.63, 3.8) is 0 Å². The first-order chi connectivity index (χ1) is 13.6. The van der Waals surface area contributed by atoms with Gasteiger partial charge in [0.2, 0.25) is 0 Å². The molecule has 28 heavy (non-hydrogen) atoms. The number of hydrogen-bond donors (Lipinski definition) is 1. The number of anilines is 1. The average Bonchev–Trinajstić information content (AvgIpc) is 2.86. The van der Waals surface area contributed by atoms with Gasteiger partial charge in [-0.3, -0.25) is 9.59 Å². The molecule has 0 saturated heterocycles. The van der Waals surface area contributed by atoms with Crippen molar-refractivity contribution in [2.45, 2.75) is 64.0 Å². The minimum Gasteiger partial charge on any atom is -0.348 e. The Balaban J connectivity index is 1.52. The van der Waals surface area contributed by atoms with Gasteiger partial charge in [0, 0.05) is 17.8 Å². The number of aromatic nitrogens is 1. The SMILES string of the molecule is CC1Cc2ccccc2N1C(=O)c1cccc(C(=O)NC2CCCCCC2)n1. The molecule has 5 nitrogen and oxygen atoms in total. The van der Waals surface area contributed by atoms with Crippen LogP contribution in [0.2, 0.25) is 0 Å². The van der Waals surface area contributed by atoms with Gasteiger partial charge in [-0.2, -0.15) is 0 Å². The fraction of sp³-hybridized carbons (Fsp3) is 0.435. The summed E-state index contributed by atoms with van der Waals surface area (Å²) in [5.74, 6) is -0.335. The minimum absolute atomic E-state index is 0.0789. The summed E-state index contributed by atoms with van der Waals surface area (Å²) in [5, 5.41) is 3.11. The van der Waals surface area contributed by atoms with Gasteiger partial charge in [-0.15, -0.1) is 0 Å². The summed E-state index contributed by atoms with van der Waals surface area (Å²) in [7, 11) is 0. The van der Waals surface area contributed by atoms with Crippen LogP contribution in [0.4, 0.5) is 5.69 Å². The molecule has 1 aliphatic carbocycles. The zero-order valence-electron chi connectivity index (χ0n) is 16.4. The molecule has 1 atom stereocenters. The van der Waals surface area contributed by atoms with Gasteiger partial charge in [0.1, 0.15) is 11.4 Å². The van der Waals surface area contributed by atoms with E-state index in [2.05, 4.69) is 16.4 Å². The van der Waals surface area contributed by atoms with Gasteiger partial charge in [-0.05, 0) is 49.9 Å². The van der Waals surface area contributed by atoms with E-state index < -0.39 is 0 Å². The summed E-state index contributed by atoms with van der Waals surface area (Å²) in [5.41, 5.74) is 2.74. The molecule has 1 aromatic heterocycles. The quantitative estimate of drug-likeness (QED) is 0.818. The van der Waals surface area contributed by atoms with Gasteiger partial charge >= 0.3 is 0 Å². The highest BCUT2D eigenvalue weighted by Gasteiger charge is 2.32. The lowest BCUT2D eigenvalue weighted by atomic mass is 10.1. The number of pyridine rings is 1. The monoisotopic (exact) mass is 377 g/mol. The third-order valence-corrected chi connectivity index (χ3v) is 5.82. The Labute approximate surface area is 166 Å². The van der Waals surface area contributed by atoms with Gasteiger partial charge in [0.05, 0.1) is 0 Å². The molecule has 1 unspecified atom stereocenters. The standard InChI is InChI=1S/C23H27N3O2/c1-16-15-17-9-6-7-14-21(17)26(16)23(28)20-13-8-12-19(25-20)22(27)24-18-10-4-2-3-5-11-18/h6-9,12-14,16,18H,2-5,10-11,15H2,1H3,(H,24,27). The van der Waals surface area contributed by atoms with Crippen molar-refractivity contribution in [2.24, 2.45) is 0 Å². The summed E-state index contributed by atoms with van der Waals surface area (Å²) in [4.78, 5) is 32.1. The number of amides is 2. The van der Waals surface area contributed by atoms with Crippen LogP contribution in [0.25, 0.3) is 0 Å². The summed E-state index contributed by atoms with van der Waals surface area (Å²) in [6.45, 7) is 2.04. The van der Waals surface area contributed by atoms with Crippen LogP contribution < -0.4 is 10.2 Å². The topological polar surface area (TPSA) is 62.3 Å². The van der Waals surface area contributed by atoms with Gasteiger partial charge in [0.25, 0.3) is 11.8 Å². The number of hydrogen-bond acceptors (Lipinski definition) is 3. The highest BCUT2D eigenvalue weighted by atomic mass is 16.2. The van der Waals surface area contributed by atoms with Crippen molar-refractivity contribution in [1.82, 2.24) is 10.3 Å². The van der Waals surface area contributed by atoms with E-state index in [9.17, 15) is 9.59 Å². The second kappa shape index (κ2) is 8.13. The number of nitrogens with one attached hydrogen (secondary N) is 1. The number of carbonyl (C=O) groups excluding carboxylic acids is 2. The van der Waals surface area contributed by atoms with Crippen LogP contribution in [-0.2, 0) is 6.42 Å². The summed E-state index contributed by atoms with van der Waals surface area (Å²) in [6, 6.07) is 13.4. The molecule has 2 aromatic rings. The molecule has 2 heterocycles. The highest BCUT2D eigenvalue weighted by Crippen LogP contribution is 2.32. The highest BCUT2D eigenvalue weighted by molar-refractivity contribution is 6.07. The molecule has 1 aliphatic heterocycles. The van der Waals surface area contributed by atoms with Crippen LogP contribution in [0.3, 0.4) is 0 Å². The molecule has 2 amide bonds. The second-order valence-electron chi connectivity index (χ2n) is 7.93. The predicted octanol–water partition coefficient (Wildman–Crippen LogP) is 4.13. The van der Waals surface area contributed by atoms with E-state index in [0.29, 0.717) is 11.4 Å². The molecule has 0 bridgehead atoms. The van der Waals surface area contributed by atoms with Gasteiger partial charge in [0.15, 0.2) is 0 Å². The van der Waals surface area contributed by atoms with Crippen molar-refractivity contribution in [2.75, 3.05) is 4.90 Å². The summed E-state index contributed by atoms with van der Waals surface area (Å²) < 4.78 is 0. The molecule has 0 radical (unpaired) electrons. The summed E-state index contributed by atoms with van der Waals surface area (Å²) in [6.07, 6.45) is 7.67. The second-order valence-corrected chi connectivity index (χ2v) is 7.93. The van der Waals surface area contributed by atoms with E-state index in [-0.39, 0.29) is 23.9 Å². The van der Waals surface area contributed by atoms with Crippen molar-refractivity contribution < 1.29 is 9.59 Å². The first-order valence-electron chi connectivity index (χ1n) is 10.3. The fourth-order valence-corrected chi connectivity index (χ4v) is 4.36. The van der Waals surface area contributed by atoms with Gasteiger partial charge < -0.3 is 10.2 Å². The van der Waals surface area contributed by atoms with Crippen LogP contribution in [-0.4, -0.2) is 28.9 Å². The number of rotatable bonds is 3. The first kappa shape index (κ1) is 18.7. The zero-order valence-corrected chi connectivity index (χ0v) is 16.4. The molecule has 2 aliphatic rings. The third kappa shape index (κ3) is 3.79. The normalized spacial score (nSPS) is 19.8. The molecule has 1 saturated carbocycles. The van der Waals surface area contributed by atoms with E-state index in [0.717, 1.165) is 37.8 Å². The summed E-state index contributed by atoms with van der Waals surface area (Å²) >= 11 is 0. The van der Waals surface area contributed by atoms with E-state index in [1.54, 1.807) is 23.1 Å². The Kier molecular flexibility index (Phi) is 5.42. The maximum atomic E-state index is 13.2. The van der Waals surface area contributed by atoms with E-state index in [1.165, 1.54) is 18.4 Å². The average molecular weight is 377 g/mol. The lowest BCUT2D eigenvalue weighted by Crippen LogP contribution is -2.37. The van der Waals surface area contributed by atoms with Crippen LogP contribution in [0.1, 0.15) is 72.0 Å². The van der Waals surface area contributed by atoms with Crippen LogP contribution in [0.15, 0.2) is 42.5 Å². The molecule has 1 fully saturated rings. The van der Waals surface area contributed by atoms with Crippen molar-refractivity contribution in [3.8, 4) is 0 Å². The third-order valence-electron chi connectivity index (χ3n) is 5.82. The number of fused-ring (bicyclic) bond motifs is 1. The van der Waals surface area contributed by atoms with Crippen LogP contribution in [0, 0.1) is 0 Å². The maximum Gasteiger partial charge on any atom is 0.277 e. The van der Waals surface area contributed by atoms with Gasteiger partial charge in [-0.1, -0.05) is 49.9 Å². The molecule has 0 spiro atoms.